The number of carbonyl (C=O) groups is 4. The summed E-state index contributed by atoms with van der Waals surface area (Å²) in [6.07, 6.45) is -1.45. The topological polar surface area (TPSA) is 205 Å². The number of rotatable bonds is 15. The van der Waals surface area contributed by atoms with Gasteiger partial charge in [-0.25, -0.2) is 13.2 Å². The van der Waals surface area contributed by atoms with Crippen LogP contribution in [0.3, 0.4) is 0 Å². The molecule has 0 heterocycles. The highest BCUT2D eigenvalue weighted by Gasteiger charge is 2.32. The first-order valence-electron chi connectivity index (χ1n) is 11.2. The van der Waals surface area contributed by atoms with Gasteiger partial charge in [-0.15, -0.1) is 0 Å². The standard InChI is InChI=1S/C21H40N4O8S/c1-11(2)9-15(16(26)10-13(5)18(22)27)24-19(28)14(7-8-34(6,32)33)23-20(29)17(12(3)4)25-21(30)31/h11-17,25-26H,7-10H2,1-6H3,(H2,22,27)(H,23,29)(H,24,28)(H,30,31)/t13-,14+,15+,16+,17+/m1/s1. The number of nitrogens with two attached hydrogens (primary N) is 1. The zero-order valence-corrected chi connectivity index (χ0v) is 21.5. The first-order valence-corrected chi connectivity index (χ1v) is 13.3. The summed E-state index contributed by atoms with van der Waals surface area (Å²) in [6.45, 7) is 8.52. The van der Waals surface area contributed by atoms with Gasteiger partial charge < -0.3 is 31.9 Å². The van der Waals surface area contributed by atoms with Gasteiger partial charge in [0.05, 0.1) is 17.9 Å². The van der Waals surface area contributed by atoms with Crippen molar-refractivity contribution >= 4 is 33.7 Å². The van der Waals surface area contributed by atoms with Gasteiger partial charge in [-0.3, -0.25) is 14.4 Å². The fourth-order valence-electron chi connectivity index (χ4n) is 3.28. The van der Waals surface area contributed by atoms with E-state index in [0.29, 0.717) is 6.42 Å². The second kappa shape index (κ2) is 14.1. The number of aliphatic hydroxyl groups excluding tert-OH is 1. The van der Waals surface area contributed by atoms with Crippen molar-refractivity contribution in [2.45, 2.75) is 78.1 Å². The normalized spacial score (nSPS) is 16.3. The molecule has 12 nitrogen and oxygen atoms in total. The zero-order chi connectivity index (χ0) is 26.8. The summed E-state index contributed by atoms with van der Waals surface area (Å²) in [5.74, 6) is -3.55. The number of hydrogen-bond acceptors (Lipinski definition) is 7. The maximum absolute atomic E-state index is 13.1. The Labute approximate surface area is 201 Å². The van der Waals surface area contributed by atoms with Crippen molar-refractivity contribution in [3.8, 4) is 0 Å². The molecule has 0 radical (unpaired) electrons. The Morgan fingerprint density at radius 1 is 0.912 bits per heavy atom. The van der Waals surface area contributed by atoms with Gasteiger partial charge in [0.1, 0.15) is 21.9 Å². The molecule has 5 atom stereocenters. The van der Waals surface area contributed by atoms with E-state index in [9.17, 15) is 32.7 Å². The van der Waals surface area contributed by atoms with Crippen LogP contribution in [-0.2, 0) is 24.2 Å². The highest BCUT2D eigenvalue weighted by molar-refractivity contribution is 7.90. The second-order valence-corrected chi connectivity index (χ2v) is 11.8. The van der Waals surface area contributed by atoms with E-state index in [1.807, 2.05) is 13.8 Å². The molecule has 0 rings (SSSR count). The lowest BCUT2D eigenvalue weighted by atomic mass is 9.92. The van der Waals surface area contributed by atoms with Crippen molar-refractivity contribution in [3.05, 3.63) is 0 Å². The summed E-state index contributed by atoms with van der Waals surface area (Å²) in [6, 6.07) is -3.25. The maximum Gasteiger partial charge on any atom is 0.405 e. The number of hydrogen-bond donors (Lipinski definition) is 6. The number of carboxylic acid groups (broad SMARTS) is 1. The Kier molecular flexibility index (Phi) is 13.1. The summed E-state index contributed by atoms with van der Waals surface area (Å²) in [7, 11) is -3.48. The van der Waals surface area contributed by atoms with E-state index < -0.39 is 75.5 Å². The van der Waals surface area contributed by atoms with E-state index >= 15 is 0 Å². The van der Waals surface area contributed by atoms with Crippen molar-refractivity contribution < 1.29 is 37.8 Å². The number of aliphatic hydroxyl groups is 1. The van der Waals surface area contributed by atoms with Crippen molar-refractivity contribution in [2.75, 3.05) is 12.0 Å². The van der Waals surface area contributed by atoms with Gasteiger partial charge in [0.25, 0.3) is 0 Å². The lowest BCUT2D eigenvalue weighted by Gasteiger charge is -2.30. The van der Waals surface area contributed by atoms with Gasteiger partial charge in [-0.05, 0) is 31.1 Å². The molecule has 0 aliphatic carbocycles. The molecule has 0 aromatic rings. The average Bonchev–Trinajstić information content (AvgIpc) is 2.66. The van der Waals surface area contributed by atoms with Gasteiger partial charge in [0, 0.05) is 12.2 Å². The predicted molar refractivity (Wildman–Crippen MR) is 126 cm³/mol. The molecule has 198 valence electrons. The van der Waals surface area contributed by atoms with Crippen LogP contribution in [0, 0.1) is 17.8 Å². The molecular formula is C21H40N4O8S. The molecule has 0 saturated carbocycles. The van der Waals surface area contributed by atoms with Gasteiger partial charge in [0.2, 0.25) is 17.7 Å². The average molecular weight is 509 g/mol. The zero-order valence-electron chi connectivity index (χ0n) is 20.7. The van der Waals surface area contributed by atoms with Gasteiger partial charge in [0.15, 0.2) is 0 Å². The van der Waals surface area contributed by atoms with Gasteiger partial charge in [-0.2, -0.15) is 0 Å². The lowest BCUT2D eigenvalue weighted by molar-refractivity contribution is -0.131. The highest BCUT2D eigenvalue weighted by atomic mass is 32.2. The quantitative estimate of drug-likeness (QED) is 0.171. The lowest BCUT2D eigenvalue weighted by Crippen LogP contribution is -2.57. The van der Waals surface area contributed by atoms with Crippen LogP contribution in [0.25, 0.3) is 0 Å². The minimum Gasteiger partial charge on any atom is -0.465 e. The van der Waals surface area contributed by atoms with Gasteiger partial charge >= 0.3 is 6.09 Å². The molecule has 0 aromatic carbocycles. The van der Waals surface area contributed by atoms with E-state index in [-0.39, 0.29) is 18.8 Å². The Hall–Kier alpha value is -2.41. The summed E-state index contributed by atoms with van der Waals surface area (Å²) < 4.78 is 23.3. The third-order valence-corrected chi connectivity index (χ3v) is 6.21. The predicted octanol–water partition coefficient (Wildman–Crippen LogP) is -0.399. The monoisotopic (exact) mass is 508 g/mol. The number of sulfone groups is 1. The highest BCUT2D eigenvalue weighted by Crippen LogP contribution is 2.16. The maximum atomic E-state index is 13.1. The Bertz CT molecular complexity index is 816. The Morgan fingerprint density at radius 2 is 1.47 bits per heavy atom. The second-order valence-electron chi connectivity index (χ2n) is 9.50. The van der Waals surface area contributed by atoms with E-state index in [4.69, 9.17) is 10.8 Å². The van der Waals surface area contributed by atoms with Crippen LogP contribution in [0.1, 0.15) is 53.9 Å². The first kappa shape index (κ1) is 31.6. The molecule has 0 saturated heterocycles. The molecule has 7 N–H and O–H groups in total. The van der Waals surface area contributed by atoms with Crippen LogP contribution < -0.4 is 21.7 Å². The molecule has 0 aliphatic rings. The molecule has 13 heteroatoms. The number of carbonyl (C=O) groups excluding carboxylic acids is 3. The number of primary amides is 1. The molecule has 4 amide bonds. The molecule has 0 unspecified atom stereocenters. The smallest absolute Gasteiger partial charge is 0.405 e. The van der Waals surface area contributed by atoms with Crippen LogP contribution in [0.15, 0.2) is 0 Å². The van der Waals surface area contributed by atoms with Crippen LogP contribution in [0.2, 0.25) is 0 Å². The first-order chi connectivity index (χ1) is 15.4. The van der Waals surface area contributed by atoms with E-state index in [2.05, 4.69) is 16.0 Å². The van der Waals surface area contributed by atoms with Crippen molar-refractivity contribution in [1.82, 2.24) is 16.0 Å². The molecule has 0 aliphatic heterocycles. The molecule has 0 bridgehead atoms. The fourth-order valence-corrected chi connectivity index (χ4v) is 3.94. The Morgan fingerprint density at radius 3 is 1.88 bits per heavy atom. The van der Waals surface area contributed by atoms with Crippen LogP contribution in [0.4, 0.5) is 4.79 Å². The summed E-state index contributed by atoms with van der Waals surface area (Å²) >= 11 is 0. The van der Waals surface area contributed by atoms with E-state index in [1.165, 1.54) is 0 Å². The number of amides is 4. The summed E-state index contributed by atoms with van der Waals surface area (Å²) in [5.41, 5.74) is 5.27. The molecule has 34 heavy (non-hydrogen) atoms. The minimum absolute atomic E-state index is 0.00528. The molecular weight excluding hydrogens is 468 g/mol. The van der Waals surface area contributed by atoms with Crippen molar-refractivity contribution in [1.29, 1.82) is 0 Å². The van der Waals surface area contributed by atoms with Gasteiger partial charge in [-0.1, -0.05) is 34.6 Å². The summed E-state index contributed by atoms with van der Waals surface area (Å²) in [5, 5.41) is 26.8. The molecule has 0 spiro atoms. The third-order valence-electron chi connectivity index (χ3n) is 5.24. The minimum atomic E-state index is -3.48. The van der Waals surface area contributed by atoms with Crippen LogP contribution in [0.5, 0.6) is 0 Å². The van der Waals surface area contributed by atoms with Crippen molar-refractivity contribution in [2.24, 2.45) is 23.5 Å². The van der Waals surface area contributed by atoms with Crippen LogP contribution in [-0.4, -0.2) is 78.7 Å². The number of nitrogens with one attached hydrogen (secondary N) is 3. The third kappa shape index (κ3) is 12.7. The van der Waals surface area contributed by atoms with E-state index in [0.717, 1.165) is 6.26 Å². The largest absolute Gasteiger partial charge is 0.465 e. The van der Waals surface area contributed by atoms with Crippen LogP contribution >= 0.6 is 0 Å². The molecule has 0 aromatic heterocycles. The SMILES string of the molecule is CC(C)C[C@H](NC(=O)[C@H](CCS(C)(=O)=O)NC(=O)[C@@H](NC(=O)O)C(C)C)[C@@H](O)C[C@@H](C)C(N)=O. The van der Waals surface area contributed by atoms with Crippen molar-refractivity contribution in [3.63, 3.8) is 0 Å². The fraction of sp³-hybridized carbons (Fsp3) is 0.810. The molecule has 0 fully saturated rings. The Balaban J connectivity index is 5.74. The summed E-state index contributed by atoms with van der Waals surface area (Å²) in [4.78, 5) is 48.2. The van der Waals surface area contributed by atoms with E-state index in [1.54, 1.807) is 20.8 Å².